The molecule has 0 saturated carbocycles. The Morgan fingerprint density at radius 3 is 2.32 bits per heavy atom. The maximum atomic E-state index is 13.2. The third kappa shape index (κ3) is 4.60. The van der Waals surface area contributed by atoms with E-state index in [2.05, 4.69) is 5.32 Å². The lowest BCUT2D eigenvalue weighted by Gasteiger charge is -2.31. The van der Waals surface area contributed by atoms with Crippen molar-refractivity contribution in [2.75, 3.05) is 20.1 Å². The van der Waals surface area contributed by atoms with E-state index < -0.39 is 43.3 Å². The van der Waals surface area contributed by atoms with Gasteiger partial charge < -0.3 is 5.32 Å². The summed E-state index contributed by atoms with van der Waals surface area (Å²) in [7, 11) is -3.20. The van der Waals surface area contributed by atoms with Crippen molar-refractivity contribution in [3.63, 3.8) is 0 Å². The van der Waals surface area contributed by atoms with Gasteiger partial charge in [-0.15, -0.1) is 12.4 Å². The van der Waals surface area contributed by atoms with Crippen LogP contribution in [0, 0.1) is 10.1 Å². The van der Waals surface area contributed by atoms with Crippen LogP contribution in [-0.2, 0) is 16.2 Å². The number of rotatable bonds is 4. The Kier molecular flexibility index (Phi) is 6.79. The minimum atomic E-state index is -5.02. The molecule has 7 nitrogen and oxygen atoms in total. The minimum Gasteiger partial charge on any atom is -0.317 e. The highest BCUT2D eigenvalue weighted by Gasteiger charge is 2.41. The lowest BCUT2D eigenvalue weighted by Crippen LogP contribution is -2.44. The number of non-ortho nitro benzene ring substituents is 1. The molecule has 1 aliphatic heterocycles. The third-order valence-corrected chi connectivity index (χ3v) is 5.93. The van der Waals surface area contributed by atoms with Crippen LogP contribution in [0.1, 0.15) is 18.4 Å². The highest BCUT2D eigenvalue weighted by atomic mass is 35.5. The molecule has 142 valence electrons. The molecule has 0 atom stereocenters. The fraction of sp³-hybridized carbons (Fsp3) is 0.538. The van der Waals surface area contributed by atoms with Crippen LogP contribution in [0.5, 0.6) is 0 Å². The lowest BCUT2D eigenvalue weighted by atomic mass is 10.1. The number of hydrogen-bond donors (Lipinski definition) is 1. The smallest absolute Gasteiger partial charge is 0.317 e. The predicted octanol–water partition coefficient (Wildman–Crippen LogP) is 2.41. The van der Waals surface area contributed by atoms with Crippen LogP contribution in [0.25, 0.3) is 0 Å². The van der Waals surface area contributed by atoms with Crippen molar-refractivity contribution in [3.8, 4) is 0 Å². The van der Waals surface area contributed by atoms with E-state index in [1.807, 2.05) is 0 Å². The third-order valence-electron chi connectivity index (χ3n) is 3.96. The summed E-state index contributed by atoms with van der Waals surface area (Å²) < 4.78 is 65.8. The second-order valence-electron chi connectivity index (χ2n) is 5.44. The van der Waals surface area contributed by atoms with Gasteiger partial charge in [-0.25, -0.2) is 8.42 Å². The zero-order chi connectivity index (χ0) is 18.1. The molecule has 25 heavy (non-hydrogen) atoms. The number of nitrogens with zero attached hydrogens (tertiary/aromatic N) is 2. The Morgan fingerprint density at radius 2 is 1.84 bits per heavy atom. The van der Waals surface area contributed by atoms with Gasteiger partial charge in [0.15, 0.2) is 0 Å². The quantitative estimate of drug-likeness (QED) is 0.615. The Bertz CT molecular complexity index is 737. The standard InChI is InChI=1S/C13H16F3N3O4S.ClH/c1-18(9-4-6-17-7-5-9)24(22,23)12-3-2-10(19(20)21)8-11(12)13(14,15)16;/h2-3,8-9,17H,4-7H2,1H3;1H. The fourth-order valence-electron chi connectivity index (χ4n) is 2.60. The summed E-state index contributed by atoms with van der Waals surface area (Å²) in [6, 6.07) is 1.24. The summed E-state index contributed by atoms with van der Waals surface area (Å²) in [5.74, 6) is 0. The average molecular weight is 404 g/mol. The molecule has 1 heterocycles. The molecule has 1 N–H and O–H groups in total. The molecule has 0 spiro atoms. The van der Waals surface area contributed by atoms with Gasteiger partial charge >= 0.3 is 6.18 Å². The van der Waals surface area contributed by atoms with Gasteiger partial charge in [0.2, 0.25) is 10.0 Å². The molecule has 1 saturated heterocycles. The van der Waals surface area contributed by atoms with Crippen molar-refractivity contribution in [2.24, 2.45) is 0 Å². The molecule has 0 aliphatic carbocycles. The maximum absolute atomic E-state index is 13.2. The number of nitrogens with one attached hydrogen (secondary N) is 1. The zero-order valence-corrected chi connectivity index (χ0v) is 14.7. The summed E-state index contributed by atoms with van der Waals surface area (Å²) in [6.07, 6.45) is -4.07. The highest BCUT2D eigenvalue weighted by molar-refractivity contribution is 7.89. The number of hydrogen-bond acceptors (Lipinski definition) is 5. The Labute approximate surface area is 148 Å². The summed E-state index contributed by atoms with van der Waals surface area (Å²) in [5.41, 5.74) is -2.34. The first-order valence-electron chi connectivity index (χ1n) is 7.09. The van der Waals surface area contributed by atoms with E-state index in [4.69, 9.17) is 0 Å². The van der Waals surface area contributed by atoms with Gasteiger partial charge in [0, 0.05) is 25.2 Å². The molecule has 1 fully saturated rings. The van der Waals surface area contributed by atoms with Crippen LogP contribution in [0.4, 0.5) is 18.9 Å². The van der Waals surface area contributed by atoms with Crippen molar-refractivity contribution >= 4 is 28.1 Å². The highest BCUT2D eigenvalue weighted by Crippen LogP contribution is 2.37. The molecule has 1 aromatic carbocycles. The predicted molar refractivity (Wildman–Crippen MR) is 86.2 cm³/mol. The monoisotopic (exact) mass is 403 g/mol. The summed E-state index contributed by atoms with van der Waals surface area (Å²) >= 11 is 0. The maximum Gasteiger partial charge on any atom is 0.417 e. The molecular weight excluding hydrogens is 387 g/mol. The number of alkyl halides is 3. The largest absolute Gasteiger partial charge is 0.417 e. The van der Waals surface area contributed by atoms with Gasteiger partial charge in [-0.1, -0.05) is 0 Å². The topological polar surface area (TPSA) is 92.6 Å². The molecule has 2 rings (SSSR count). The van der Waals surface area contributed by atoms with E-state index in [1.165, 1.54) is 7.05 Å². The second-order valence-corrected chi connectivity index (χ2v) is 7.40. The van der Waals surface area contributed by atoms with Crippen LogP contribution in [0.3, 0.4) is 0 Å². The zero-order valence-electron chi connectivity index (χ0n) is 13.1. The van der Waals surface area contributed by atoms with E-state index in [0.717, 1.165) is 10.4 Å². The van der Waals surface area contributed by atoms with Crippen molar-refractivity contribution in [2.45, 2.75) is 30.0 Å². The number of piperidine rings is 1. The van der Waals surface area contributed by atoms with Gasteiger partial charge in [-0.05, 0) is 32.0 Å². The van der Waals surface area contributed by atoms with E-state index in [0.29, 0.717) is 32.0 Å². The van der Waals surface area contributed by atoms with Gasteiger partial charge in [0.25, 0.3) is 5.69 Å². The lowest BCUT2D eigenvalue weighted by molar-refractivity contribution is -0.385. The van der Waals surface area contributed by atoms with E-state index in [9.17, 15) is 31.7 Å². The first-order chi connectivity index (χ1) is 11.0. The van der Waals surface area contributed by atoms with Gasteiger partial charge in [0.1, 0.15) is 0 Å². The molecule has 0 amide bonds. The molecule has 0 bridgehead atoms. The number of nitro benzene ring substituents is 1. The Morgan fingerprint density at radius 1 is 1.28 bits per heavy atom. The van der Waals surface area contributed by atoms with Crippen LogP contribution in [0.2, 0.25) is 0 Å². The first-order valence-corrected chi connectivity index (χ1v) is 8.53. The number of sulfonamides is 1. The number of nitro groups is 1. The molecule has 1 aliphatic rings. The molecule has 0 unspecified atom stereocenters. The summed E-state index contributed by atoms with van der Waals surface area (Å²) in [6.45, 7) is 1.13. The van der Waals surface area contributed by atoms with Gasteiger partial charge in [-0.2, -0.15) is 17.5 Å². The van der Waals surface area contributed by atoms with Gasteiger partial charge in [0.05, 0.1) is 15.4 Å². The fourth-order valence-corrected chi connectivity index (χ4v) is 4.21. The van der Waals surface area contributed by atoms with Crippen LogP contribution in [0.15, 0.2) is 23.1 Å². The van der Waals surface area contributed by atoms with E-state index in [-0.39, 0.29) is 18.5 Å². The average Bonchev–Trinajstić information content (AvgIpc) is 2.53. The summed E-state index contributed by atoms with van der Waals surface area (Å²) in [4.78, 5) is 8.73. The number of halogens is 4. The summed E-state index contributed by atoms with van der Waals surface area (Å²) in [5, 5.41) is 13.7. The van der Waals surface area contributed by atoms with Crippen molar-refractivity contribution < 1.29 is 26.5 Å². The molecular formula is C13H17ClF3N3O4S. The molecule has 1 aromatic rings. The molecule has 0 aromatic heterocycles. The molecule has 0 radical (unpaired) electrons. The minimum absolute atomic E-state index is 0. The SMILES string of the molecule is CN(C1CCNCC1)S(=O)(=O)c1ccc([N+](=O)[O-])cc1C(F)(F)F.Cl. The Hall–Kier alpha value is -1.43. The molecule has 12 heteroatoms. The second kappa shape index (κ2) is 7.85. The Balaban J connectivity index is 0.00000312. The van der Waals surface area contributed by atoms with Gasteiger partial charge in [-0.3, -0.25) is 10.1 Å². The van der Waals surface area contributed by atoms with Crippen LogP contribution < -0.4 is 5.32 Å². The number of benzene rings is 1. The van der Waals surface area contributed by atoms with Crippen LogP contribution >= 0.6 is 12.4 Å². The van der Waals surface area contributed by atoms with E-state index >= 15 is 0 Å². The van der Waals surface area contributed by atoms with Crippen molar-refractivity contribution in [3.05, 3.63) is 33.9 Å². The van der Waals surface area contributed by atoms with E-state index in [1.54, 1.807) is 0 Å². The van der Waals surface area contributed by atoms with Crippen molar-refractivity contribution in [1.29, 1.82) is 0 Å². The van der Waals surface area contributed by atoms with Crippen LogP contribution in [-0.4, -0.2) is 43.8 Å². The first kappa shape index (κ1) is 21.6. The van der Waals surface area contributed by atoms with Crippen molar-refractivity contribution in [1.82, 2.24) is 9.62 Å². The normalized spacial score (nSPS) is 16.5.